The summed E-state index contributed by atoms with van der Waals surface area (Å²) in [7, 11) is 1.86. The lowest BCUT2D eigenvalue weighted by Gasteiger charge is -2.07. The molecule has 32 heavy (non-hydrogen) atoms. The molecule has 0 unspecified atom stereocenters. The Hall–Kier alpha value is -3.00. The molecule has 1 aromatic carbocycles. The summed E-state index contributed by atoms with van der Waals surface area (Å²) < 4.78 is 3.73. The molecular weight excluding hydrogens is 551 g/mol. The van der Waals surface area contributed by atoms with Crippen LogP contribution in [0.3, 0.4) is 0 Å². The molecule has 0 radical (unpaired) electrons. The predicted octanol–water partition coefficient (Wildman–Crippen LogP) is 0.715. The number of fused-ring (bicyclic) bond motifs is 1. The highest BCUT2D eigenvalue weighted by atomic mass is 127. The molecule has 13 heteroatoms. The Morgan fingerprint density at radius 2 is 1.88 bits per heavy atom. The number of amides is 2. The van der Waals surface area contributed by atoms with Gasteiger partial charge in [-0.05, 0) is 19.1 Å². The molecule has 6 N–H and O–H groups in total. The first-order valence-electron chi connectivity index (χ1n) is 9.48. The Morgan fingerprint density at radius 3 is 2.53 bits per heavy atom. The van der Waals surface area contributed by atoms with E-state index in [1.54, 1.807) is 34.7 Å². The molecule has 0 spiro atoms. The first-order chi connectivity index (χ1) is 15.1. The molecule has 3 aromatic rings. The number of nitrogens with one attached hydrogen (secondary N) is 2. The topological polar surface area (TPSA) is 162 Å². The molecule has 0 saturated carbocycles. The normalized spacial score (nSPS) is 10.9. The second-order valence-corrected chi connectivity index (χ2v) is 8.34. The van der Waals surface area contributed by atoms with Crippen molar-refractivity contribution in [1.29, 1.82) is 0 Å². The highest BCUT2D eigenvalue weighted by molar-refractivity contribution is 14.1. The maximum absolute atomic E-state index is 12.6. The number of aryl methyl sites for hydroxylation is 2. The van der Waals surface area contributed by atoms with Crippen molar-refractivity contribution in [2.75, 3.05) is 18.0 Å². The van der Waals surface area contributed by atoms with Crippen molar-refractivity contribution in [3.63, 3.8) is 0 Å². The standard InChI is InChI=1S/C19H20ClIN8O3/c1-3-29-11-6-9(18(31)24-7-12(21)30)4-5-10(11)28(2)13(29)8-25-19(32)14-16(22)27-17(23)15(20)26-14/h4-6H,3,7-8H2,1-2H3,(H5-,22,23,24,25,27,31,32)/p+1. The van der Waals surface area contributed by atoms with Crippen LogP contribution >= 0.6 is 34.2 Å². The van der Waals surface area contributed by atoms with E-state index in [1.807, 2.05) is 29.2 Å². The number of hydrogen-bond acceptors (Lipinski definition) is 7. The van der Waals surface area contributed by atoms with Crippen molar-refractivity contribution in [2.45, 2.75) is 20.0 Å². The quantitative estimate of drug-likeness (QED) is 0.184. The molecule has 0 fully saturated rings. The zero-order chi connectivity index (χ0) is 23.6. The van der Waals surface area contributed by atoms with Gasteiger partial charge < -0.3 is 22.1 Å². The monoisotopic (exact) mass is 571 g/mol. The molecule has 0 aliphatic heterocycles. The van der Waals surface area contributed by atoms with E-state index in [2.05, 4.69) is 20.6 Å². The lowest BCUT2D eigenvalue weighted by molar-refractivity contribution is -0.654. The van der Waals surface area contributed by atoms with Crippen molar-refractivity contribution in [3.05, 3.63) is 40.4 Å². The van der Waals surface area contributed by atoms with Crippen LogP contribution in [-0.2, 0) is 24.9 Å². The van der Waals surface area contributed by atoms with E-state index in [0.29, 0.717) is 12.1 Å². The Balaban J connectivity index is 1.89. The average molecular weight is 572 g/mol. The smallest absolute Gasteiger partial charge is 0.276 e. The van der Waals surface area contributed by atoms with Crippen molar-refractivity contribution in [1.82, 2.24) is 25.2 Å². The molecule has 0 atom stereocenters. The average Bonchev–Trinajstić information content (AvgIpc) is 3.03. The molecule has 0 aliphatic rings. The first-order valence-corrected chi connectivity index (χ1v) is 10.9. The molecule has 0 bridgehead atoms. The maximum atomic E-state index is 12.6. The molecule has 2 aromatic heterocycles. The highest BCUT2D eigenvalue weighted by Gasteiger charge is 2.24. The summed E-state index contributed by atoms with van der Waals surface area (Å²) in [5.74, 6) is -0.281. The molecule has 2 amide bonds. The molecule has 2 heterocycles. The van der Waals surface area contributed by atoms with Crippen LogP contribution in [-0.4, -0.2) is 36.7 Å². The molecular formula is C19H21ClIN8O3+. The zero-order valence-corrected chi connectivity index (χ0v) is 20.2. The van der Waals surface area contributed by atoms with Gasteiger partial charge in [0.05, 0.1) is 20.1 Å². The van der Waals surface area contributed by atoms with Crippen molar-refractivity contribution >= 4 is 72.5 Å². The fourth-order valence-corrected chi connectivity index (χ4v) is 3.61. The number of nitrogen functional groups attached to an aromatic ring is 2. The van der Waals surface area contributed by atoms with E-state index in [1.165, 1.54) is 0 Å². The lowest BCUT2D eigenvalue weighted by Crippen LogP contribution is -2.38. The van der Waals surface area contributed by atoms with Gasteiger partial charge >= 0.3 is 0 Å². The summed E-state index contributed by atoms with van der Waals surface area (Å²) in [4.78, 5) is 43.8. The molecule has 11 nitrogen and oxygen atoms in total. The van der Waals surface area contributed by atoms with E-state index < -0.39 is 5.91 Å². The van der Waals surface area contributed by atoms with Gasteiger partial charge in [-0.2, -0.15) is 0 Å². The highest BCUT2D eigenvalue weighted by Crippen LogP contribution is 2.19. The fourth-order valence-electron chi connectivity index (χ4n) is 3.29. The molecule has 3 rings (SSSR count). The third kappa shape index (κ3) is 4.75. The van der Waals surface area contributed by atoms with Gasteiger partial charge in [-0.1, -0.05) is 11.6 Å². The Kier molecular flexibility index (Phi) is 7.13. The number of benzene rings is 1. The van der Waals surface area contributed by atoms with E-state index in [-0.39, 0.29) is 45.3 Å². The van der Waals surface area contributed by atoms with Crippen LogP contribution in [0.25, 0.3) is 11.0 Å². The second kappa shape index (κ2) is 9.65. The molecule has 0 saturated heterocycles. The van der Waals surface area contributed by atoms with E-state index >= 15 is 0 Å². The number of nitrogens with two attached hydrogens (primary N) is 2. The van der Waals surface area contributed by atoms with E-state index in [9.17, 15) is 14.4 Å². The minimum absolute atomic E-state index is 0.0432. The van der Waals surface area contributed by atoms with Gasteiger partial charge in [0.15, 0.2) is 33.5 Å². The van der Waals surface area contributed by atoms with Crippen LogP contribution in [0.1, 0.15) is 33.6 Å². The number of anilines is 2. The number of carbonyl (C=O) groups excluding carboxylic acids is 3. The number of aromatic nitrogens is 4. The van der Waals surface area contributed by atoms with Crippen molar-refractivity contribution in [2.24, 2.45) is 7.05 Å². The summed E-state index contributed by atoms with van der Waals surface area (Å²) in [6, 6.07) is 5.25. The maximum Gasteiger partial charge on any atom is 0.276 e. The fraction of sp³-hybridized carbons (Fsp3) is 0.263. The SMILES string of the molecule is CCn1c(CNC(=O)c2nc(Cl)c(N)nc2N)[n+](C)c2ccc(C(=O)NCC(=O)I)cc21. The third-order valence-electron chi connectivity index (χ3n) is 4.82. The van der Waals surface area contributed by atoms with Gasteiger partial charge in [0, 0.05) is 34.2 Å². The largest absolute Gasteiger partial charge is 0.382 e. The van der Waals surface area contributed by atoms with Crippen LogP contribution in [0, 0.1) is 0 Å². The lowest BCUT2D eigenvalue weighted by atomic mass is 10.2. The number of imidazole rings is 1. The Bertz CT molecular complexity index is 1240. The predicted molar refractivity (Wildman–Crippen MR) is 127 cm³/mol. The minimum atomic E-state index is -0.548. The summed E-state index contributed by atoms with van der Waals surface area (Å²) in [5.41, 5.74) is 13.3. The van der Waals surface area contributed by atoms with Gasteiger partial charge in [-0.15, -0.1) is 0 Å². The number of halogens is 2. The summed E-state index contributed by atoms with van der Waals surface area (Å²) in [6.07, 6.45) is 0. The van der Waals surface area contributed by atoms with Crippen molar-refractivity contribution in [3.8, 4) is 0 Å². The van der Waals surface area contributed by atoms with Gasteiger partial charge in [0.2, 0.25) is 3.79 Å². The first kappa shape index (κ1) is 23.7. The molecule has 168 valence electrons. The number of hydrogen-bond donors (Lipinski definition) is 4. The number of nitrogens with zero attached hydrogens (tertiary/aromatic N) is 4. The van der Waals surface area contributed by atoms with Crippen LogP contribution in [0.4, 0.5) is 11.6 Å². The number of rotatable bonds is 7. The summed E-state index contributed by atoms with van der Waals surface area (Å²) in [5, 5.41) is 5.25. The van der Waals surface area contributed by atoms with Crippen LogP contribution in [0.5, 0.6) is 0 Å². The summed E-state index contributed by atoms with van der Waals surface area (Å²) in [6.45, 7) is 2.66. The van der Waals surface area contributed by atoms with Gasteiger partial charge in [-0.3, -0.25) is 14.4 Å². The zero-order valence-electron chi connectivity index (χ0n) is 17.3. The van der Waals surface area contributed by atoms with E-state index in [0.717, 1.165) is 16.9 Å². The number of carbonyl (C=O) groups is 3. The minimum Gasteiger partial charge on any atom is -0.382 e. The molecule has 0 aliphatic carbocycles. The summed E-state index contributed by atoms with van der Waals surface area (Å²) >= 11 is 7.49. The van der Waals surface area contributed by atoms with Crippen molar-refractivity contribution < 1.29 is 19.0 Å². The second-order valence-electron chi connectivity index (χ2n) is 6.78. The van der Waals surface area contributed by atoms with Crippen LogP contribution < -0.4 is 26.7 Å². The van der Waals surface area contributed by atoms with Gasteiger partial charge in [-0.25, -0.2) is 19.1 Å². The third-order valence-corrected chi connectivity index (χ3v) is 5.48. The van der Waals surface area contributed by atoms with Gasteiger partial charge in [0.25, 0.3) is 17.6 Å². The Labute approximate surface area is 201 Å². The van der Waals surface area contributed by atoms with Crippen LogP contribution in [0.15, 0.2) is 18.2 Å². The Morgan fingerprint density at radius 1 is 1.16 bits per heavy atom. The van der Waals surface area contributed by atoms with E-state index in [4.69, 9.17) is 23.1 Å². The van der Waals surface area contributed by atoms with Gasteiger partial charge in [0.1, 0.15) is 6.54 Å². The van der Waals surface area contributed by atoms with Crippen LogP contribution in [0.2, 0.25) is 5.15 Å².